The van der Waals surface area contributed by atoms with Gasteiger partial charge in [-0.25, -0.2) is 0 Å². The van der Waals surface area contributed by atoms with Crippen LogP contribution in [-0.2, 0) is 12.6 Å². The van der Waals surface area contributed by atoms with Crippen molar-refractivity contribution < 1.29 is 18.3 Å². The molecule has 1 aromatic heterocycles. The normalized spacial score (nSPS) is 12.0. The van der Waals surface area contributed by atoms with E-state index >= 15 is 0 Å². The Balaban J connectivity index is 2.64. The molecule has 6 heteroatoms. The lowest BCUT2D eigenvalue weighted by Crippen LogP contribution is -2.04. The number of hydrogen-bond acceptors (Lipinski definition) is 2. The second-order valence-electron chi connectivity index (χ2n) is 2.60. The van der Waals surface area contributed by atoms with Crippen molar-refractivity contribution in [3.8, 4) is 0 Å². The molecule has 0 fully saturated rings. The molecule has 0 amide bonds. The van der Waals surface area contributed by atoms with Crippen LogP contribution in [0.4, 0.5) is 13.2 Å². The smallest absolute Gasteiger partial charge is 0.396 e. The summed E-state index contributed by atoms with van der Waals surface area (Å²) in [5, 5.41) is 13.8. The maximum absolute atomic E-state index is 12.0. The van der Waals surface area contributed by atoms with E-state index < -0.39 is 11.9 Å². The molecular formula is C7H9F3N2O. The highest BCUT2D eigenvalue weighted by Gasteiger charge is 2.33. The summed E-state index contributed by atoms with van der Waals surface area (Å²) in [4.78, 5) is 0. The number of rotatable bonds is 3. The number of halogens is 3. The minimum Gasteiger partial charge on any atom is -0.396 e. The van der Waals surface area contributed by atoms with Gasteiger partial charge in [0.2, 0.25) is 0 Å². The van der Waals surface area contributed by atoms with Gasteiger partial charge in [-0.05, 0) is 18.9 Å². The van der Waals surface area contributed by atoms with Gasteiger partial charge < -0.3 is 5.11 Å². The van der Waals surface area contributed by atoms with Gasteiger partial charge in [0.25, 0.3) is 0 Å². The standard InChI is InChI=1S/C7H9F3N2O/c8-7(9,10)6-4-5(11-12-6)2-1-3-13/h4,13H,1-3H2,(H,11,12). The number of hydrogen-bond donors (Lipinski definition) is 2. The third kappa shape index (κ3) is 2.73. The van der Waals surface area contributed by atoms with Crippen molar-refractivity contribution in [2.24, 2.45) is 0 Å². The number of H-pyrrole nitrogens is 1. The summed E-state index contributed by atoms with van der Waals surface area (Å²) in [7, 11) is 0. The van der Waals surface area contributed by atoms with Crippen LogP contribution in [0.1, 0.15) is 17.8 Å². The van der Waals surface area contributed by atoms with Crippen LogP contribution in [-0.4, -0.2) is 21.9 Å². The summed E-state index contributed by atoms with van der Waals surface area (Å²) in [5.74, 6) is 0. The Morgan fingerprint density at radius 3 is 2.62 bits per heavy atom. The van der Waals surface area contributed by atoms with Gasteiger partial charge in [-0.3, -0.25) is 5.10 Å². The molecule has 0 saturated carbocycles. The molecule has 0 atom stereocenters. The van der Waals surface area contributed by atoms with E-state index in [0.717, 1.165) is 6.07 Å². The Morgan fingerprint density at radius 2 is 2.15 bits per heavy atom. The number of aliphatic hydroxyl groups excluding tert-OH is 1. The number of nitrogens with one attached hydrogen (secondary N) is 1. The summed E-state index contributed by atoms with van der Waals surface area (Å²) in [6.45, 7) is -0.0413. The Kier molecular flexibility index (Phi) is 2.92. The summed E-state index contributed by atoms with van der Waals surface area (Å²) in [5.41, 5.74) is -0.526. The summed E-state index contributed by atoms with van der Waals surface area (Å²) in [6.07, 6.45) is -3.59. The number of nitrogens with zero attached hydrogens (tertiary/aromatic N) is 1. The molecule has 13 heavy (non-hydrogen) atoms. The number of aryl methyl sites for hydroxylation is 1. The fourth-order valence-corrected chi connectivity index (χ4v) is 0.904. The van der Waals surface area contributed by atoms with E-state index in [0.29, 0.717) is 18.5 Å². The topological polar surface area (TPSA) is 48.9 Å². The average Bonchev–Trinajstić information content (AvgIpc) is 2.47. The van der Waals surface area contributed by atoms with E-state index in [-0.39, 0.29) is 6.61 Å². The molecule has 1 rings (SSSR count). The first kappa shape index (κ1) is 10.0. The van der Waals surface area contributed by atoms with Crippen LogP contribution < -0.4 is 0 Å². The summed E-state index contributed by atoms with van der Waals surface area (Å²) < 4.78 is 36.0. The van der Waals surface area contributed by atoms with Gasteiger partial charge in [-0.1, -0.05) is 0 Å². The highest BCUT2D eigenvalue weighted by Crippen LogP contribution is 2.27. The highest BCUT2D eigenvalue weighted by atomic mass is 19.4. The predicted molar refractivity (Wildman–Crippen MR) is 39.0 cm³/mol. The fraction of sp³-hybridized carbons (Fsp3) is 0.571. The molecule has 1 heterocycles. The molecule has 0 aliphatic rings. The third-order valence-electron chi connectivity index (χ3n) is 1.53. The largest absolute Gasteiger partial charge is 0.435 e. The molecule has 0 aromatic carbocycles. The van der Waals surface area contributed by atoms with E-state index in [1.165, 1.54) is 0 Å². The molecule has 0 aliphatic carbocycles. The molecule has 0 spiro atoms. The zero-order valence-electron chi connectivity index (χ0n) is 6.73. The molecule has 0 saturated heterocycles. The lowest BCUT2D eigenvalue weighted by molar-refractivity contribution is -0.141. The van der Waals surface area contributed by atoms with Crippen molar-refractivity contribution in [1.82, 2.24) is 10.2 Å². The van der Waals surface area contributed by atoms with Crippen LogP contribution in [0.3, 0.4) is 0 Å². The third-order valence-corrected chi connectivity index (χ3v) is 1.53. The van der Waals surface area contributed by atoms with E-state index in [2.05, 4.69) is 10.2 Å². The van der Waals surface area contributed by atoms with Crippen molar-refractivity contribution in [3.63, 3.8) is 0 Å². The molecule has 1 aromatic rings. The number of aromatic nitrogens is 2. The second kappa shape index (κ2) is 3.78. The van der Waals surface area contributed by atoms with Crippen LogP contribution in [0, 0.1) is 0 Å². The first-order valence-electron chi connectivity index (χ1n) is 3.76. The van der Waals surface area contributed by atoms with Gasteiger partial charge in [-0.15, -0.1) is 0 Å². The lowest BCUT2D eigenvalue weighted by Gasteiger charge is -1.98. The monoisotopic (exact) mass is 194 g/mol. The molecular weight excluding hydrogens is 185 g/mol. The molecule has 3 nitrogen and oxygen atoms in total. The zero-order valence-corrected chi connectivity index (χ0v) is 6.73. The van der Waals surface area contributed by atoms with E-state index in [1.807, 2.05) is 0 Å². The SMILES string of the molecule is OCCCc1cc(C(F)(F)F)n[nH]1. The van der Waals surface area contributed by atoms with Crippen LogP contribution in [0.15, 0.2) is 6.07 Å². The van der Waals surface area contributed by atoms with E-state index in [1.54, 1.807) is 0 Å². The fourth-order valence-electron chi connectivity index (χ4n) is 0.904. The van der Waals surface area contributed by atoms with Crippen LogP contribution in [0.5, 0.6) is 0 Å². The average molecular weight is 194 g/mol. The molecule has 74 valence electrons. The van der Waals surface area contributed by atoms with E-state index in [4.69, 9.17) is 5.11 Å². The van der Waals surface area contributed by atoms with Crippen LogP contribution in [0.25, 0.3) is 0 Å². The maximum atomic E-state index is 12.0. The minimum absolute atomic E-state index is 0.0413. The Bertz CT molecular complexity index is 269. The predicted octanol–water partition coefficient (Wildman–Crippen LogP) is 1.35. The highest BCUT2D eigenvalue weighted by molar-refractivity contribution is 5.11. The van der Waals surface area contributed by atoms with E-state index in [9.17, 15) is 13.2 Å². The Hall–Kier alpha value is -1.04. The quantitative estimate of drug-likeness (QED) is 0.763. The number of aromatic amines is 1. The summed E-state index contributed by atoms with van der Waals surface area (Å²) in [6, 6.07) is 0.954. The lowest BCUT2D eigenvalue weighted by atomic mass is 10.2. The van der Waals surface area contributed by atoms with Crippen molar-refractivity contribution in [2.45, 2.75) is 19.0 Å². The van der Waals surface area contributed by atoms with Crippen LogP contribution >= 0.6 is 0 Å². The van der Waals surface area contributed by atoms with Gasteiger partial charge in [0.1, 0.15) is 0 Å². The van der Waals surface area contributed by atoms with Crippen molar-refractivity contribution in [3.05, 3.63) is 17.5 Å². The molecule has 0 unspecified atom stereocenters. The molecule has 0 aliphatic heterocycles. The van der Waals surface area contributed by atoms with Gasteiger partial charge in [-0.2, -0.15) is 18.3 Å². The number of aliphatic hydroxyl groups is 1. The van der Waals surface area contributed by atoms with Crippen molar-refractivity contribution in [1.29, 1.82) is 0 Å². The van der Waals surface area contributed by atoms with Crippen LogP contribution in [0.2, 0.25) is 0 Å². The Morgan fingerprint density at radius 1 is 1.46 bits per heavy atom. The zero-order chi connectivity index (χ0) is 9.90. The first-order valence-corrected chi connectivity index (χ1v) is 3.76. The van der Waals surface area contributed by atoms with Gasteiger partial charge >= 0.3 is 6.18 Å². The Labute approximate surface area is 72.6 Å². The summed E-state index contributed by atoms with van der Waals surface area (Å²) >= 11 is 0. The number of alkyl halides is 3. The minimum atomic E-state index is -4.39. The van der Waals surface area contributed by atoms with Crippen molar-refractivity contribution in [2.75, 3.05) is 6.61 Å². The maximum Gasteiger partial charge on any atom is 0.435 e. The van der Waals surface area contributed by atoms with Gasteiger partial charge in [0.15, 0.2) is 5.69 Å². The second-order valence-corrected chi connectivity index (χ2v) is 2.60. The van der Waals surface area contributed by atoms with Crippen molar-refractivity contribution >= 4 is 0 Å². The van der Waals surface area contributed by atoms with Gasteiger partial charge in [0.05, 0.1) is 0 Å². The molecule has 0 bridgehead atoms. The molecule has 0 radical (unpaired) electrons. The molecule has 2 N–H and O–H groups in total. The van der Waals surface area contributed by atoms with Gasteiger partial charge in [0, 0.05) is 12.3 Å². The first-order chi connectivity index (χ1) is 6.04.